The molecule has 0 radical (unpaired) electrons. The average molecular weight is 345 g/mol. The first-order valence-electron chi connectivity index (χ1n) is 6.04. The van der Waals surface area contributed by atoms with Gasteiger partial charge in [-0.3, -0.25) is 0 Å². The van der Waals surface area contributed by atoms with E-state index in [9.17, 15) is 0 Å². The highest BCUT2D eigenvalue weighted by Gasteiger charge is 2.05. The normalized spacial score (nSPS) is 10.7. The topological polar surface area (TPSA) is 34.4 Å². The Labute approximate surface area is 126 Å². The van der Waals surface area contributed by atoms with Gasteiger partial charge in [0.1, 0.15) is 18.1 Å². The summed E-state index contributed by atoms with van der Waals surface area (Å²) in [5, 5.41) is 3.82. The molecule has 1 aromatic carbocycles. The average Bonchev–Trinajstić information content (AvgIpc) is 2.83. The fraction of sp³-hybridized carbons (Fsp3) is 0.286. The molecule has 102 valence electrons. The molecule has 0 saturated heterocycles. The summed E-state index contributed by atoms with van der Waals surface area (Å²) < 4.78 is 12.0. The number of ether oxygens (including phenoxy) is 1. The van der Waals surface area contributed by atoms with Crippen molar-refractivity contribution in [2.75, 3.05) is 6.54 Å². The Morgan fingerprint density at radius 3 is 2.95 bits per heavy atom. The van der Waals surface area contributed by atoms with Crippen LogP contribution in [0.5, 0.6) is 5.75 Å². The van der Waals surface area contributed by atoms with Crippen LogP contribution < -0.4 is 10.1 Å². The molecule has 0 fully saturated rings. The van der Waals surface area contributed by atoms with Crippen LogP contribution in [0.3, 0.4) is 0 Å². The Morgan fingerprint density at radius 1 is 1.37 bits per heavy atom. The monoisotopic (exact) mass is 343 g/mol. The van der Waals surface area contributed by atoms with E-state index < -0.39 is 0 Å². The third-order valence-electron chi connectivity index (χ3n) is 2.55. The molecule has 1 heterocycles. The lowest BCUT2D eigenvalue weighted by molar-refractivity contribution is 0.270. The summed E-state index contributed by atoms with van der Waals surface area (Å²) >= 11 is 9.43. The van der Waals surface area contributed by atoms with E-state index in [1.807, 2.05) is 18.2 Å². The number of rotatable bonds is 6. The number of furan rings is 1. The van der Waals surface area contributed by atoms with Gasteiger partial charge in [0.25, 0.3) is 0 Å². The van der Waals surface area contributed by atoms with Gasteiger partial charge in [0.15, 0.2) is 0 Å². The zero-order valence-corrected chi connectivity index (χ0v) is 12.9. The van der Waals surface area contributed by atoms with Gasteiger partial charge in [-0.05, 0) is 30.8 Å². The van der Waals surface area contributed by atoms with Crippen molar-refractivity contribution in [1.82, 2.24) is 5.32 Å². The number of hydrogen-bond donors (Lipinski definition) is 1. The Morgan fingerprint density at radius 2 is 2.21 bits per heavy atom. The van der Waals surface area contributed by atoms with Crippen LogP contribution in [0.15, 0.2) is 39.4 Å². The van der Waals surface area contributed by atoms with Crippen LogP contribution >= 0.6 is 27.5 Å². The maximum absolute atomic E-state index is 6.07. The van der Waals surface area contributed by atoms with E-state index in [1.54, 1.807) is 12.3 Å². The van der Waals surface area contributed by atoms with Gasteiger partial charge in [0.2, 0.25) is 0 Å². The summed E-state index contributed by atoms with van der Waals surface area (Å²) in [6.45, 7) is 4.18. The highest BCUT2D eigenvalue weighted by Crippen LogP contribution is 2.28. The van der Waals surface area contributed by atoms with Crippen molar-refractivity contribution in [2.45, 2.75) is 20.1 Å². The Balaban J connectivity index is 1.92. The maximum Gasteiger partial charge on any atom is 0.146 e. The van der Waals surface area contributed by atoms with Gasteiger partial charge in [-0.1, -0.05) is 34.5 Å². The lowest BCUT2D eigenvalue weighted by atomic mass is 10.3. The summed E-state index contributed by atoms with van der Waals surface area (Å²) in [5.41, 5.74) is 1.11. The number of hydrogen-bond acceptors (Lipinski definition) is 3. The molecule has 0 bridgehead atoms. The van der Waals surface area contributed by atoms with Gasteiger partial charge in [-0.2, -0.15) is 0 Å². The largest absolute Gasteiger partial charge is 0.484 e. The van der Waals surface area contributed by atoms with E-state index in [0.29, 0.717) is 17.4 Å². The Hall–Kier alpha value is -0.970. The van der Waals surface area contributed by atoms with Crippen LogP contribution in [0, 0.1) is 0 Å². The Bertz CT molecular complexity index is 542. The standard InChI is InChI=1S/C14H15BrClNO2/c1-2-17-7-10-5-12(18-8-10)9-19-14-4-3-11(15)6-13(14)16/h3-6,8,17H,2,7,9H2,1H3. The van der Waals surface area contributed by atoms with Gasteiger partial charge >= 0.3 is 0 Å². The second-order valence-corrected chi connectivity index (χ2v) is 5.39. The van der Waals surface area contributed by atoms with Crippen molar-refractivity contribution >= 4 is 27.5 Å². The van der Waals surface area contributed by atoms with E-state index in [2.05, 4.69) is 28.2 Å². The van der Waals surface area contributed by atoms with Gasteiger partial charge in [-0.25, -0.2) is 0 Å². The predicted molar refractivity (Wildman–Crippen MR) is 79.6 cm³/mol. The molecule has 0 saturated carbocycles. The van der Waals surface area contributed by atoms with Gasteiger partial charge in [0, 0.05) is 16.6 Å². The van der Waals surface area contributed by atoms with Gasteiger partial charge in [-0.15, -0.1) is 0 Å². The minimum absolute atomic E-state index is 0.369. The molecule has 19 heavy (non-hydrogen) atoms. The highest BCUT2D eigenvalue weighted by molar-refractivity contribution is 9.10. The lowest BCUT2D eigenvalue weighted by Crippen LogP contribution is -2.10. The molecule has 0 amide bonds. The van der Waals surface area contributed by atoms with Crippen LogP contribution in [0.25, 0.3) is 0 Å². The smallest absolute Gasteiger partial charge is 0.146 e. The molecule has 0 aliphatic heterocycles. The van der Waals surface area contributed by atoms with E-state index >= 15 is 0 Å². The van der Waals surface area contributed by atoms with E-state index in [0.717, 1.165) is 28.9 Å². The summed E-state index contributed by atoms with van der Waals surface area (Å²) in [6.07, 6.45) is 1.74. The summed E-state index contributed by atoms with van der Waals surface area (Å²) in [7, 11) is 0. The first-order chi connectivity index (χ1) is 9.19. The second-order valence-electron chi connectivity index (χ2n) is 4.07. The quantitative estimate of drug-likeness (QED) is 0.844. The molecule has 0 spiro atoms. The van der Waals surface area contributed by atoms with Crippen LogP contribution in [0.1, 0.15) is 18.2 Å². The summed E-state index contributed by atoms with van der Waals surface area (Å²) in [6, 6.07) is 7.50. The molecule has 3 nitrogen and oxygen atoms in total. The molecule has 2 aromatic rings. The zero-order chi connectivity index (χ0) is 13.7. The predicted octanol–water partition coefficient (Wildman–Crippen LogP) is 4.38. The molecular formula is C14H15BrClNO2. The fourth-order valence-corrected chi connectivity index (χ4v) is 2.33. The molecule has 1 aromatic heterocycles. The van der Waals surface area contributed by atoms with Crippen molar-refractivity contribution < 1.29 is 9.15 Å². The maximum atomic E-state index is 6.07. The molecule has 0 atom stereocenters. The van der Waals surface area contributed by atoms with Crippen molar-refractivity contribution in [3.8, 4) is 5.75 Å². The van der Waals surface area contributed by atoms with E-state index in [1.165, 1.54) is 0 Å². The third kappa shape index (κ3) is 4.27. The minimum atomic E-state index is 0.369. The molecule has 0 aliphatic carbocycles. The number of halogens is 2. The first-order valence-corrected chi connectivity index (χ1v) is 7.21. The molecule has 1 N–H and O–H groups in total. The molecule has 0 aliphatic rings. The number of benzene rings is 1. The Kier molecular flexibility index (Phi) is 5.31. The van der Waals surface area contributed by atoms with Gasteiger partial charge in [0.05, 0.1) is 11.3 Å². The van der Waals surface area contributed by atoms with Crippen LogP contribution in [-0.4, -0.2) is 6.54 Å². The van der Waals surface area contributed by atoms with Gasteiger partial charge < -0.3 is 14.5 Å². The molecule has 0 unspecified atom stereocenters. The van der Waals surface area contributed by atoms with Crippen molar-refractivity contribution in [3.63, 3.8) is 0 Å². The van der Waals surface area contributed by atoms with Crippen LogP contribution in [0.2, 0.25) is 5.02 Å². The number of nitrogens with one attached hydrogen (secondary N) is 1. The second kappa shape index (κ2) is 6.98. The summed E-state index contributed by atoms with van der Waals surface area (Å²) in [5.74, 6) is 1.43. The van der Waals surface area contributed by atoms with Crippen molar-refractivity contribution in [2.24, 2.45) is 0 Å². The SMILES string of the molecule is CCNCc1coc(COc2ccc(Br)cc2Cl)c1. The van der Waals surface area contributed by atoms with Crippen molar-refractivity contribution in [1.29, 1.82) is 0 Å². The first kappa shape index (κ1) is 14.4. The van der Waals surface area contributed by atoms with Crippen LogP contribution in [-0.2, 0) is 13.2 Å². The lowest BCUT2D eigenvalue weighted by Gasteiger charge is -2.06. The zero-order valence-electron chi connectivity index (χ0n) is 10.6. The van der Waals surface area contributed by atoms with Crippen molar-refractivity contribution in [3.05, 3.63) is 51.3 Å². The van der Waals surface area contributed by atoms with Crippen LogP contribution in [0.4, 0.5) is 0 Å². The van der Waals surface area contributed by atoms with E-state index in [4.69, 9.17) is 20.8 Å². The molecule has 2 rings (SSSR count). The minimum Gasteiger partial charge on any atom is -0.484 e. The van der Waals surface area contributed by atoms with E-state index in [-0.39, 0.29) is 0 Å². The molecular weight excluding hydrogens is 330 g/mol. The third-order valence-corrected chi connectivity index (χ3v) is 3.34. The fourth-order valence-electron chi connectivity index (χ4n) is 1.61. The summed E-state index contributed by atoms with van der Waals surface area (Å²) in [4.78, 5) is 0. The molecule has 5 heteroatoms. The highest BCUT2D eigenvalue weighted by atomic mass is 79.9.